The Labute approximate surface area is 257 Å². The maximum absolute atomic E-state index is 14.2. The van der Waals surface area contributed by atoms with Crippen LogP contribution in [0.3, 0.4) is 0 Å². The van der Waals surface area contributed by atoms with Gasteiger partial charge in [-0.05, 0) is 49.9 Å². The zero-order chi connectivity index (χ0) is 31.2. The number of carbonyl (C=O) groups is 2. The smallest absolute Gasteiger partial charge is 0.337 e. The fourth-order valence-electron chi connectivity index (χ4n) is 5.57. The molecule has 2 aliphatic rings. The van der Waals surface area contributed by atoms with Gasteiger partial charge in [-0.1, -0.05) is 48.5 Å². The minimum absolute atomic E-state index is 0.103. The van der Waals surface area contributed by atoms with Gasteiger partial charge >= 0.3 is 5.97 Å². The average molecular weight is 591 g/mol. The lowest BCUT2D eigenvalue weighted by Gasteiger charge is -2.33. The summed E-state index contributed by atoms with van der Waals surface area (Å²) in [6, 6.07) is 25.7. The van der Waals surface area contributed by atoms with Crippen LogP contribution >= 0.6 is 0 Å². The molecule has 0 radical (unpaired) electrons. The summed E-state index contributed by atoms with van der Waals surface area (Å²) in [6.45, 7) is 2.62. The fraction of sp³-hybridized carbons (Fsp3) is 0.257. The Balaban J connectivity index is 1.69. The van der Waals surface area contributed by atoms with Crippen LogP contribution in [-0.2, 0) is 27.3 Å². The molecule has 0 aliphatic carbocycles. The van der Waals surface area contributed by atoms with Gasteiger partial charge in [-0.2, -0.15) is 5.26 Å². The third-order valence-electron chi connectivity index (χ3n) is 7.59. The van der Waals surface area contributed by atoms with Gasteiger partial charge in [0.1, 0.15) is 23.4 Å². The molecule has 3 aromatic rings. The lowest BCUT2D eigenvalue weighted by atomic mass is 9.95. The number of ketones is 1. The summed E-state index contributed by atoms with van der Waals surface area (Å²) in [5.74, 6) is 0.533. The van der Waals surface area contributed by atoms with E-state index in [1.807, 2.05) is 78.7 Å². The molecular formula is C35H34N4O5. The number of hydrogen-bond acceptors (Lipinski definition) is 9. The van der Waals surface area contributed by atoms with Crippen molar-refractivity contribution in [1.29, 1.82) is 5.26 Å². The van der Waals surface area contributed by atoms with Crippen molar-refractivity contribution in [2.75, 3.05) is 34.4 Å². The number of Topliss-reactive ketones (excluding diaryl/α,β-unsaturated/α-hetero) is 1. The monoisotopic (exact) mass is 590 g/mol. The average Bonchev–Trinajstić information content (AvgIpc) is 3.32. The van der Waals surface area contributed by atoms with Crippen molar-refractivity contribution < 1.29 is 23.8 Å². The molecule has 3 aromatic carbocycles. The van der Waals surface area contributed by atoms with Crippen LogP contribution in [0.1, 0.15) is 23.6 Å². The molecule has 2 heterocycles. The molecule has 0 bridgehead atoms. The molecule has 0 spiro atoms. The van der Waals surface area contributed by atoms with E-state index in [0.29, 0.717) is 46.4 Å². The summed E-state index contributed by atoms with van der Waals surface area (Å²) >= 11 is 0. The highest BCUT2D eigenvalue weighted by Crippen LogP contribution is 2.40. The van der Waals surface area contributed by atoms with Crippen LogP contribution in [0.15, 0.2) is 107 Å². The fourth-order valence-corrected chi connectivity index (χ4v) is 5.57. The van der Waals surface area contributed by atoms with Gasteiger partial charge in [0, 0.05) is 36.3 Å². The van der Waals surface area contributed by atoms with Crippen molar-refractivity contribution in [3.8, 4) is 17.6 Å². The number of rotatable bonds is 11. The van der Waals surface area contributed by atoms with Crippen LogP contribution in [0, 0.1) is 11.3 Å². The first-order chi connectivity index (χ1) is 21.4. The van der Waals surface area contributed by atoms with Crippen LogP contribution in [0.2, 0.25) is 0 Å². The van der Waals surface area contributed by atoms with Gasteiger partial charge in [0.2, 0.25) is 0 Å². The minimum atomic E-state index is -1.31. The molecule has 224 valence electrons. The number of nitriles is 1. The van der Waals surface area contributed by atoms with E-state index in [4.69, 9.17) is 19.2 Å². The van der Waals surface area contributed by atoms with Crippen molar-refractivity contribution in [2.24, 2.45) is 4.99 Å². The standard InChI is InChI=1S/C35H34N4O5/c1-5-44-35(41)32-33(40)28(22-38(2)21-23-11-7-6-8-12-23)34-37-31(24-15-17-26(42-3)18-16-24)27(20-36)29(39(32)34)19-25-13-9-10-14-30(25)43-4/h6-18,32H,5,19,21-22H2,1-4H3. The number of methoxy groups -OCH3 is 2. The predicted molar refractivity (Wildman–Crippen MR) is 166 cm³/mol. The Morgan fingerprint density at radius 1 is 0.977 bits per heavy atom. The van der Waals surface area contributed by atoms with Gasteiger partial charge in [0.25, 0.3) is 0 Å². The Morgan fingerprint density at radius 3 is 2.34 bits per heavy atom. The molecule has 1 atom stereocenters. The SMILES string of the molecule is CCOC(=O)C1C(=O)C(CN(C)Cc2ccccc2)=C2N=C(c3ccc(OC)cc3)C(C#N)=C(Cc3ccccc3OC)N21. The summed E-state index contributed by atoms with van der Waals surface area (Å²) in [6.07, 6.45) is 0.210. The zero-order valence-corrected chi connectivity index (χ0v) is 25.2. The van der Waals surface area contributed by atoms with Gasteiger partial charge in [0.05, 0.1) is 37.7 Å². The molecule has 0 N–H and O–H groups in total. The van der Waals surface area contributed by atoms with Crippen LogP contribution in [-0.4, -0.2) is 67.7 Å². The number of nitrogens with zero attached hydrogens (tertiary/aromatic N) is 4. The van der Waals surface area contributed by atoms with Gasteiger partial charge in [-0.15, -0.1) is 0 Å². The first-order valence-corrected chi connectivity index (χ1v) is 14.3. The lowest BCUT2D eigenvalue weighted by molar-refractivity contribution is -0.150. The molecule has 0 saturated heterocycles. The number of esters is 1. The maximum atomic E-state index is 14.2. The second kappa shape index (κ2) is 13.4. The van der Waals surface area contributed by atoms with Crippen molar-refractivity contribution in [3.63, 3.8) is 0 Å². The molecule has 0 fully saturated rings. The van der Waals surface area contributed by atoms with Crippen molar-refractivity contribution >= 4 is 17.5 Å². The maximum Gasteiger partial charge on any atom is 0.337 e. The van der Waals surface area contributed by atoms with E-state index >= 15 is 0 Å². The predicted octanol–water partition coefficient (Wildman–Crippen LogP) is 4.69. The number of hydrogen-bond donors (Lipinski definition) is 0. The third kappa shape index (κ3) is 5.98. The number of fused-ring (bicyclic) bond motifs is 1. The number of aliphatic imine (C=N–C) groups is 1. The second-order valence-electron chi connectivity index (χ2n) is 10.5. The first-order valence-electron chi connectivity index (χ1n) is 14.3. The Morgan fingerprint density at radius 2 is 1.68 bits per heavy atom. The summed E-state index contributed by atoms with van der Waals surface area (Å²) < 4.78 is 16.4. The molecule has 44 heavy (non-hydrogen) atoms. The number of ether oxygens (including phenoxy) is 3. The van der Waals surface area contributed by atoms with E-state index in [0.717, 1.165) is 11.1 Å². The minimum Gasteiger partial charge on any atom is -0.497 e. The molecule has 9 heteroatoms. The van der Waals surface area contributed by atoms with Crippen molar-refractivity contribution in [2.45, 2.75) is 25.9 Å². The van der Waals surface area contributed by atoms with Gasteiger partial charge in [-0.3, -0.25) is 9.69 Å². The molecule has 0 saturated carbocycles. The summed E-state index contributed by atoms with van der Waals surface area (Å²) in [7, 11) is 5.08. The quantitative estimate of drug-likeness (QED) is 0.234. The Kier molecular flexibility index (Phi) is 9.22. The number of carbonyl (C=O) groups excluding carboxylic acids is 2. The molecule has 5 rings (SSSR count). The normalized spacial score (nSPS) is 16.1. The number of allylic oxidation sites excluding steroid dienone is 2. The van der Waals surface area contributed by atoms with Crippen LogP contribution in [0.5, 0.6) is 11.5 Å². The molecule has 9 nitrogen and oxygen atoms in total. The zero-order valence-electron chi connectivity index (χ0n) is 25.2. The van der Waals surface area contributed by atoms with Gasteiger partial charge < -0.3 is 19.1 Å². The first kappa shape index (κ1) is 30.3. The Bertz CT molecular complexity index is 1690. The second-order valence-corrected chi connectivity index (χ2v) is 10.5. The molecule has 0 aromatic heterocycles. The van der Waals surface area contributed by atoms with E-state index < -0.39 is 17.8 Å². The topological polar surface area (TPSA) is 104 Å². The van der Waals surface area contributed by atoms with Crippen molar-refractivity contribution in [1.82, 2.24) is 9.80 Å². The molecule has 2 aliphatic heterocycles. The highest BCUT2D eigenvalue weighted by Gasteiger charge is 2.49. The molecule has 1 unspecified atom stereocenters. The number of likely N-dealkylation sites (N-methyl/N-ethyl adjacent to an activating group) is 1. The van der Waals surface area contributed by atoms with E-state index in [9.17, 15) is 14.9 Å². The van der Waals surface area contributed by atoms with E-state index in [2.05, 4.69) is 6.07 Å². The molecular weight excluding hydrogens is 556 g/mol. The summed E-state index contributed by atoms with van der Waals surface area (Å²) in [4.78, 5) is 36.2. The number of para-hydroxylation sites is 1. The van der Waals surface area contributed by atoms with E-state index in [1.165, 1.54) is 0 Å². The lowest BCUT2D eigenvalue weighted by Crippen LogP contribution is -2.44. The van der Waals surface area contributed by atoms with Gasteiger partial charge in [0.15, 0.2) is 11.8 Å². The highest BCUT2D eigenvalue weighted by atomic mass is 16.5. The highest BCUT2D eigenvalue weighted by molar-refractivity contribution is 6.20. The molecule has 0 amide bonds. The van der Waals surface area contributed by atoms with Crippen molar-refractivity contribution in [3.05, 3.63) is 118 Å². The number of benzene rings is 3. The van der Waals surface area contributed by atoms with Gasteiger partial charge in [-0.25, -0.2) is 9.79 Å². The van der Waals surface area contributed by atoms with Crippen LogP contribution < -0.4 is 9.47 Å². The summed E-state index contributed by atoms with van der Waals surface area (Å²) in [5.41, 5.74) is 4.06. The van der Waals surface area contributed by atoms with Crippen LogP contribution in [0.4, 0.5) is 0 Å². The Hall–Kier alpha value is -5.20. The van der Waals surface area contributed by atoms with Crippen LogP contribution in [0.25, 0.3) is 0 Å². The summed E-state index contributed by atoms with van der Waals surface area (Å²) in [5, 5.41) is 10.6. The largest absolute Gasteiger partial charge is 0.497 e. The van der Waals surface area contributed by atoms with E-state index in [-0.39, 0.29) is 25.1 Å². The van der Waals surface area contributed by atoms with E-state index in [1.54, 1.807) is 38.2 Å². The third-order valence-corrected chi connectivity index (χ3v) is 7.59.